The Balaban J connectivity index is 2.45. The van der Waals surface area contributed by atoms with Crippen molar-refractivity contribution in [2.45, 2.75) is 19.4 Å². The summed E-state index contributed by atoms with van der Waals surface area (Å²) in [4.78, 5) is 0. The fourth-order valence-corrected chi connectivity index (χ4v) is 1.96. The normalized spacial score (nSPS) is 10.5. The Labute approximate surface area is 112 Å². The molecule has 1 aromatic carbocycles. The molecule has 0 unspecified atom stereocenters. The highest BCUT2D eigenvalue weighted by Crippen LogP contribution is 2.23. The lowest BCUT2D eigenvalue weighted by Crippen LogP contribution is -2.08. The molecule has 0 atom stereocenters. The fourth-order valence-electron chi connectivity index (χ4n) is 1.55. The van der Waals surface area contributed by atoms with Gasteiger partial charge in [-0.05, 0) is 38.1 Å². The van der Waals surface area contributed by atoms with E-state index in [1.54, 1.807) is 7.11 Å². The maximum atomic E-state index is 5.77. The maximum Gasteiger partial charge on any atom is 0.123 e. The van der Waals surface area contributed by atoms with Gasteiger partial charge in [0, 0.05) is 30.3 Å². The molecule has 0 fully saturated rings. The number of rotatable bonds is 8. The van der Waals surface area contributed by atoms with Gasteiger partial charge in [-0.1, -0.05) is 15.9 Å². The molecule has 0 heterocycles. The SMILES string of the molecule is CNCc1cc(Br)ccc1OCCCCOC. The molecule has 1 aromatic rings. The molecule has 0 saturated carbocycles. The highest BCUT2D eigenvalue weighted by atomic mass is 79.9. The molecule has 0 radical (unpaired) electrons. The molecular formula is C13H20BrNO2. The third-order valence-electron chi connectivity index (χ3n) is 2.39. The molecule has 4 heteroatoms. The van der Waals surface area contributed by atoms with E-state index in [9.17, 15) is 0 Å². The van der Waals surface area contributed by atoms with Crippen LogP contribution in [0.2, 0.25) is 0 Å². The van der Waals surface area contributed by atoms with E-state index in [0.29, 0.717) is 0 Å². The minimum Gasteiger partial charge on any atom is -0.493 e. The number of benzene rings is 1. The quantitative estimate of drug-likeness (QED) is 0.749. The second-order valence-electron chi connectivity index (χ2n) is 3.83. The topological polar surface area (TPSA) is 30.5 Å². The van der Waals surface area contributed by atoms with Crippen molar-refractivity contribution in [1.82, 2.24) is 5.32 Å². The number of methoxy groups -OCH3 is 1. The zero-order chi connectivity index (χ0) is 12.5. The molecule has 0 aliphatic heterocycles. The Morgan fingerprint density at radius 2 is 2.00 bits per heavy atom. The number of hydrogen-bond donors (Lipinski definition) is 1. The second-order valence-corrected chi connectivity index (χ2v) is 4.75. The lowest BCUT2D eigenvalue weighted by Gasteiger charge is -2.11. The van der Waals surface area contributed by atoms with Gasteiger partial charge in [-0.2, -0.15) is 0 Å². The molecule has 0 spiro atoms. The zero-order valence-corrected chi connectivity index (χ0v) is 12.0. The van der Waals surface area contributed by atoms with Crippen LogP contribution in [0.5, 0.6) is 5.75 Å². The number of halogens is 1. The average molecular weight is 302 g/mol. The van der Waals surface area contributed by atoms with Crippen LogP contribution < -0.4 is 10.1 Å². The molecule has 17 heavy (non-hydrogen) atoms. The fraction of sp³-hybridized carbons (Fsp3) is 0.538. The molecule has 96 valence electrons. The minimum absolute atomic E-state index is 0.738. The van der Waals surface area contributed by atoms with Crippen molar-refractivity contribution in [2.75, 3.05) is 27.4 Å². The molecule has 0 bridgehead atoms. The van der Waals surface area contributed by atoms with E-state index >= 15 is 0 Å². The molecule has 3 nitrogen and oxygen atoms in total. The summed E-state index contributed by atoms with van der Waals surface area (Å²) < 4.78 is 11.9. The first-order valence-corrected chi connectivity index (χ1v) is 6.62. The van der Waals surface area contributed by atoms with Crippen LogP contribution in [0.4, 0.5) is 0 Å². The highest BCUT2D eigenvalue weighted by molar-refractivity contribution is 9.10. The lowest BCUT2D eigenvalue weighted by atomic mass is 10.2. The Morgan fingerprint density at radius 1 is 1.24 bits per heavy atom. The van der Waals surface area contributed by atoms with Gasteiger partial charge < -0.3 is 14.8 Å². The van der Waals surface area contributed by atoms with E-state index in [4.69, 9.17) is 9.47 Å². The predicted molar refractivity (Wildman–Crippen MR) is 73.5 cm³/mol. The van der Waals surface area contributed by atoms with Crippen LogP contribution in [-0.2, 0) is 11.3 Å². The van der Waals surface area contributed by atoms with Gasteiger partial charge >= 0.3 is 0 Å². The monoisotopic (exact) mass is 301 g/mol. The van der Waals surface area contributed by atoms with Gasteiger partial charge in [0.25, 0.3) is 0 Å². The van der Waals surface area contributed by atoms with E-state index in [1.807, 2.05) is 19.2 Å². The summed E-state index contributed by atoms with van der Waals surface area (Å²) in [7, 11) is 3.66. The van der Waals surface area contributed by atoms with Crippen molar-refractivity contribution in [1.29, 1.82) is 0 Å². The molecule has 0 aliphatic carbocycles. The first-order valence-electron chi connectivity index (χ1n) is 5.82. The minimum atomic E-state index is 0.738. The van der Waals surface area contributed by atoms with E-state index in [0.717, 1.165) is 42.8 Å². The summed E-state index contributed by atoms with van der Waals surface area (Å²) in [5, 5.41) is 3.14. The summed E-state index contributed by atoms with van der Waals surface area (Å²) in [6, 6.07) is 6.09. The van der Waals surface area contributed by atoms with Crippen molar-refractivity contribution in [3.63, 3.8) is 0 Å². The molecule has 0 aromatic heterocycles. The largest absolute Gasteiger partial charge is 0.493 e. The maximum absolute atomic E-state index is 5.77. The molecule has 1 N–H and O–H groups in total. The van der Waals surface area contributed by atoms with Crippen molar-refractivity contribution in [3.8, 4) is 5.75 Å². The van der Waals surface area contributed by atoms with Crippen LogP contribution in [-0.4, -0.2) is 27.4 Å². The number of ether oxygens (including phenoxy) is 2. The van der Waals surface area contributed by atoms with Crippen molar-refractivity contribution < 1.29 is 9.47 Å². The van der Waals surface area contributed by atoms with Gasteiger partial charge in [0.2, 0.25) is 0 Å². The smallest absolute Gasteiger partial charge is 0.123 e. The predicted octanol–water partition coefficient (Wildman–Crippen LogP) is 2.97. The van der Waals surface area contributed by atoms with Crippen molar-refractivity contribution >= 4 is 15.9 Å². The zero-order valence-electron chi connectivity index (χ0n) is 10.5. The Bertz CT molecular complexity index is 331. The Morgan fingerprint density at radius 3 is 2.71 bits per heavy atom. The van der Waals surface area contributed by atoms with Gasteiger partial charge in [-0.3, -0.25) is 0 Å². The number of nitrogens with one attached hydrogen (secondary N) is 1. The van der Waals surface area contributed by atoms with Crippen LogP contribution in [0.1, 0.15) is 18.4 Å². The third-order valence-corrected chi connectivity index (χ3v) is 2.88. The van der Waals surface area contributed by atoms with Gasteiger partial charge in [0.15, 0.2) is 0 Å². The molecule has 0 saturated heterocycles. The summed E-state index contributed by atoms with van der Waals surface area (Å²) in [6.45, 7) is 2.35. The summed E-state index contributed by atoms with van der Waals surface area (Å²) in [6.07, 6.45) is 2.05. The standard InChI is InChI=1S/C13H20BrNO2/c1-15-10-11-9-12(14)5-6-13(11)17-8-4-3-7-16-2/h5-6,9,15H,3-4,7-8,10H2,1-2H3. The van der Waals surface area contributed by atoms with E-state index in [1.165, 1.54) is 5.56 Å². The van der Waals surface area contributed by atoms with Gasteiger partial charge in [0.1, 0.15) is 5.75 Å². The first kappa shape index (κ1) is 14.5. The van der Waals surface area contributed by atoms with E-state index < -0.39 is 0 Å². The molecule has 0 amide bonds. The molecule has 1 rings (SSSR count). The van der Waals surface area contributed by atoms with Crippen LogP contribution in [0.15, 0.2) is 22.7 Å². The summed E-state index contributed by atoms with van der Waals surface area (Å²) >= 11 is 3.47. The van der Waals surface area contributed by atoms with Gasteiger partial charge in [-0.15, -0.1) is 0 Å². The summed E-state index contributed by atoms with van der Waals surface area (Å²) in [5.41, 5.74) is 1.17. The van der Waals surface area contributed by atoms with E-state index in [-0.39, 0.29) is 0 Å². The van der Waals surface area contributed by atoms with Crippen LogP contribution in [0.25, 0.3) is 0 Å². The van der Waals surface area contributed by atoms with Crippen LogP contribution in [0, 0.1) is 0 Å². The molecule has 0 aliphatic rings. The summed E-state index contributed by atoms with van der Waals surface area (Å²) in [5.74, 6) is 0.958. The Kier molecular flexibility index (Phi) is 7.24. The Hall–Kier alpha value is -0.580. The van der Waals surface area contributed by atoms with Gasteiger partial charge in [-0.25, -0.2) is 0 Å². The van der Waals surface area contributed by atoms with Crippen LogP contribution in [0.3, 0.4) is 0 Å². The number of hydrogen-bond acceptors (Lipinski definition) is 3. The average Bonchev–Trinajstić information content (AvgIpc) is 2.32. The van der Waals surface area contributed by atoms with Crippen molar-refractivity contribution in [2.24, 2.45) is 0 Å². The van der Waals surface area contributed by atoms with Crippen LogP contribution >= 0.6 is 15.9 Å². The highest BCUT2D eigenvalue weighted by Gasteiger charge is 2.03. The second kappa shape index (κ2) is 8.50. The lowest BCUT2D eigenvalue weighted by molar-refractivity contribution is 0.184. The van der Waals surface area contributed by atoms with E-state index in [2.05, 4.69) is 27.3 Å². The number of unbranched alkanes of at least 4 members (excludes halogenated alkanes) is 1. The van der Waals surface area contributed by atoms with Gasteiger partial charge in [0.05, 0.1) is 6.61 Å². The first-order chi connectivity index (χ1) is 8.27. The molecular weight excluding hydrogens is 282 g/mol. The third kappa shape index (κ3) is 5.52. The van der Waals surface area contributed by atoms with Crippen molar-refractivity contribution in [3.05, 3.63) is 28.2 Å².